The molecular formula is C11H14N4O2S2. The van der Waals surface area contributed by atoms with Gasteiger partial charge in [0.05, 0.1) is 12.2 Å². The number of nitrogens with one attached hydrogen (secondary N) is 2. The van der Waals surface area contributed by atoms with Crippen LogP contribution in [0.3, 0.4) is 0 Å². The summed E-state index contributed by atoms with van der Waals surface area (Å²) in [6, 6.07) is 6.84. The first kappa shape index (κ1) is 14.1. The Balaban J connectivity index is 2.05. The van der Waals surface area contributed by atoms with Crippen LogP contribution in [-0.2, 0) is 23.1 Å². The minimum atomic E-state index is -3.48. The molecule has 0 unspecified atom stereocenters. The fourth-order valence-corrected chi connectivity index (χ4v) is 3.85. The first-order chi connectivity index (χ1) is 9.12. The van der Waals surface area contributed by atoms with E-state index in [1.165, 1.54) is 11.3 Å². The van der Waals surface area contributed by atoms with E-state index in [1.54, 1.807) is 30.5 Å². The molecular weight excluding hydrogens is 284 g/mol. The van der Waals surface area contributed by atoms with Gasteiger partial charge in [-0.15, -0.1) is 11.3 Å². The summed E-state index contributed by atoms with van der Waals surface area (Å²) in [6.07, 6.45) is 1.54. The molecule has 0 saturated carbocycles. The van der Waals surface area contributed by atoms with Crippen molar-refractivity contribution in [3.63, 3.8) is 0 Å². The van der Waals surface area contributed by atoms with Crippen molar-refractivity contribution in [1.82, 2.24) is 20.2 Å². The van der Waals surface area contributed by atoms with Gasteiger partial charge < -0.3 is 5.32 Å². The van der Waals surface area contributed by atoms with E-state index in [9.17, 15) is 8.42 Å². The third-order valence-electron chi connectivity index (χ3n) is 2.32. The maximum atomic E-state index is 12.1. The van der Waals surface area contributed by atoms with Crippen LogP contribution in [0.25, 0.3) is 0 Å². The van der Waals surface area contributed by atoms with Crippen molar-refractivity contribution in [2.45, 2.75) is 17.3 Å². The number of thiophene rings is 1. The van der Waals surface area contributed by atoms with Crippen LogP contribution in [0.15, 0.2) is 34.7 Å². The van der Waals surface area contributed by atoms with Crippen LogP contribution in [0.4, 0.5) is 0 Å². The Morgan fingerprint density at radius 2 is 2.11 bits per heavy atom. The minimum Gasteiger partial charge on any atom is -0.315 e. The molecule has 2 N–H and O–H groups in total. The Bertz CT molecular complexity index is 625. The van der Waals surface area contributed by atoms with Crippen LogP contribution in [0.2, 0.25) is 0 Å². The zero-order valence-electron chi connectivity index (χ0n) is 10.3. The average molecular weight is 298 g/mol. The smallest absolute Gasteiger partial charge is 0.250 e. The zero-order chi connectivity index (χ0) is 13.7. The summed E-state index contributed by atoms with van der Waals surface area (Å²) in [4.78, 5) is 0.974. The average Bonchev–Trinajstić information content (AvgIpc) is 2.88. The summed E-state index contributed by atoms with van der Waals surface area (Å²) in [5, 5.41) is 10.5. The highest BCUT2D eigenvalue weighted by atomic mass is 32.2. The molecule has 2 aromatic rings. The molecule has 2 heterocycles. The third-order valence-corrected chi connectivity index (χ3v) is 5.30. The van der Waals surface area contributed by atoms with Gasteiger partial charge in [0.2, 0.25) is 10.0 Å². The molecule has 0 radical (unpaired) electrons. The highest BCUT2D eigenvalue weighted by molar-refractivity contribution is 7.91. The zero-order valence-corrected chi connectivity index (χ0v) is 12.0. The lowest BCUT2D eigenvalue weighted by molar-refractivity contribution is 0.582. The molecule has 0 fully saturated rings. The first-order valence-corrected chi connectivity index (χ1v) is 7.91. The summed E-state index contributed by atoms with van der Waals surface area (Å²) in [5.41, 5.74) is 0.582. The van der Waals surface area contributed by atoms with E-state index in [-0.39, 0.29) is 6.54 Å². The molecule has 0 aliphatic heterocycles. The summed E-state index contributed by atoms with van der Waals surface area (Å²) >= 11 is 1.25. The molecule has 6 nitrogen and oxygen atoms in total. The van der Waals surface area contributed by atoms with Gasteiger partial charge in [0, 0.05) is 17.6 Å². The van der Waals surface area contributed by atoms with E-state index >= 15 is 0 Å². The van der Waals surface area contributed by atoms with Crippen LogP contribution in [-0.4, -0.2) is 25.7 Å². The summed E-state index contributed by atoms with van der Waals surface area (Å²) < 4.78 is 26.9. The Hall–Kier alpha value is -1.35. The molecule has 19 heavy (non-hydrogen) atoms. The summed E-state index contributed by atoms with van der Waals surface area (Å²) in [6.45, 7) is 0.791. The predicted octanol–water partition coefficient (Wildman–Crippen LogP) is 0.736. The van der Waals surface area contributed by atoms with Crippen LogP contribution < -0.4 is 10.0 Å². The quantitative estimate of drug-likeness (QED) is 0.821. The lowest BCUT2D eigenvalue weighted by Crippen LogP contribution is -2.23. The van der Waals surface area contributed by atoms with Gasteiger partial charge in [-0.05, 0) is 31.3 Å². The second-order valence-electron chi connectivity index (χ2n) is 3.79. The minimum absolute atomic E-state index is 0.134. The molecule has 0 atom stereocenters. The number of aromatic nitrogens is 2. The van der Waals surface area contributed by atoms with Crippen molar-refractivity contribution in [1.29, 1.82) is 0 Å². The van der Waals surface area contributed by atoms with Crippen LogP contribution in [0, 0.1) is 0 Å². The maximum Gasteiger partial charge on any atom is 0.250 e. The fraction of sp³-hybridized carbons (Fsp3) is 0.273. The predicted molar refractivity (Wildman–Crippen MR) is 73.1 cm³/mol. The van der Waals surface area contributed by atoms with E-state index in [2.05, 4.69) is 20.2 Å². The molecule has 2 aromatic heterocycles. The second kappa shape index (κ2) is 6.20. The molecule has 0 amide bonds. The van der Waals surface area contributed by atoms with E-state index in [1.807, 2.05) is 7.05 Å². The van der Waals surface area contributed by atoms with Gasteiger partial charge in [0.1, 0.15) is 4.21 Å². The van der Waals surface area contributed by atoms with Crippen molar-refractivity contribution >= 4 is 21.4 Å². The Morgan fingerprint density at radius 3 is 2.79 bits per heavy atom. The van der Waals surface area contributed by atoms with Crippen molar-refractivity contribution in [2.75, 3.05) is 7.05 Å². The molecule has 0 aliphatic rings. The van der Waals surface area contributed by atoms with E-state index in [4.69, 9.17) is 0 Å². The summed E-state index contributed by atoms with van der Waals surface area (Å²) in [5.74, 6) is 0. The molecule has 0 aliphatic carbocycles. The monoisotopic (exact) mass is 298 g/mol. The molecule has 102 valence electrons. The van der Waals surface area contributed by atoms with Gasteiger partial charge in [0.15, 0.2) is 0 Å². The first-order valence-electron chi connectivity index (χ1n) is 5.61. The van der Waals surface area contributed by atoms with Gasteiger partial charge in [-0.1, -0.05) is 0 Å². The number of nitrogens with zero attached hydrogens (tertiary/aromatic N) is 2. The van der Waals surface area contributed by atoms with Crippen LogP contribution in [0.1, 0.15) is 10.6 Å². The number of hydrogen-bond donors (Lipinski definition) is 2. The lowest BCUT2D eigenvalue weighted by atomic mass is 10.4. The topological polar surface area (TPSA) is 84.0 Å². The Morgan fingerprint density at radius 1 is 1.26 bits per heavy atom. The SMILES string of the molecule is CNCc1ccc(S(=O)(=O)NCc2cccnn2)s1. The van der Waals surface area contributed by atoms with Crippen molar-refractivity contribution in [2.24, 2.45) is 0 Å². The molecule has 8 heteroatoms. The number of sulfonamides is 1. The van der Waals surface area contributed by atoms with Gasteiger partial charge >= 0.3 is 0 Å². The van der Waals surface area contributed by atoms with Crippen molar-refractivity contribution in [3.05, 3.63) is 41.0 Å². The van der Waals surface area contributed by atoms with Crippen LogP contribution >= 0.6 is 11.3 Å². The van der Waals surface area contributed by atoms with Gasteiger partial charge in [0.25, 0.3) is 0 Å². The van der Waals surface area contributed by atoms with E-state index < -0.39 is 10.0 Å². The van der Waals surface area contributed by atoms with Gasteiger partial charge in [-0.2, -0.15) is 10.2 Å². The number of hydrogen-bond acceptors (Lipinski definition) is 6. The molecule has 0 saturated heterocycles. The fourth-order valence-electron chi connectivity index (χ4n) is 1.44. The van der Waals surface area contributed by atoms with Crippen LogP contribution in [0.5, 0.6) is 0 Å². The highest BCUT2D eigenvalue weighted by Gasteiger charge is 2.16. The number of rotatable bonds is 6. The van der Waals surface area contributed by atoms with E-state index in [0.29, 0.717) is 16.4 Å². The van der Waals surface area contributed by atoms with Crippen molar-refractivity contribution in [3.8, 4) is 0 Å². The van der Waals surface area contributed by atoms with Gasteiger partial charge in [-0.25, -0.2) is 13.1 Å². The lowest BCUT2D eigenvalue weighted by Gasteiger charge is -2.03. The van der Waals surface area contributed by atoms with Gasteiger partial charge in [-0.3, -0.25) is 0 Å². The second-order valence-corrected chi connectivity index (χ2v) is 6.95. The molecule has 0 aromatic carbocycles. The summed E-state index contributed by atoms with van der Waals surface area (Å²) in [7, 11) is -1.66. The normalized spacial score (nSPS) is 11.6. The molecule has 2 rings (SSSR count). The third kappa shape index (κ3) is 3.80. The van der Waals surface area contributed by atoms with E-state index in [0.717, 1.165) is 4.88 Å². The molecule has 0 bridgehead atoms. The standard InChI is InChI=1S/C11H14N4O2S2/c1-12-8-10-4-5-11(18-10)19(16,17)14-7-9-3-2-6-13-15-9/h2-6,12,14H,7-8H2,1H3. The largest absolute Gasteiger partial charge is 0.315 e. The molecule has 0 spiro atoms. The highest BCUT2D eigenvalue weighted by Crippen LogP contribution is 2.21. The van der Waals surface area contributed by atoms with Crippen molar-refractivity contribution < 1.29 is 8.42 Å². The Labute approximate surface area is 115 Å². The Kier molecular flexibility index (Phi) is 4.59. The maximum absolute atomic E-state index is 12.1.